The molecule has 0 aromatic carbocycles. The maximum Gasteiger partial charge on any atom is 0.128 e. The highest BCUT2D eigenvalue weighted by Crippen LogP contribution is 2.42. The Morgan fingerprint density at radius 1 is 1.33 bits per heavy atom. The van der Waals surface area contributed by atoms with Gasteiger partial charge in [0.15, 0.2) is 0 Å². The molecule has 98 valence electrons. The van der Waals surface area contributed by atoms with E-state index in [1.54, 1.807) is 6.20 Å². The van der Waals surface area contributed by atoms with Crippen molar-refractivity contribution < 1.29 is 0 Å². The first-order chi connectivity index (χ1) is 8.86. The summed E-state index contributed by atoms with van der Waals surface area (Å²) in [6, 6.07) is 4.65. The van der Waals surface area contributed by atoms with E-state index >= 15 is 0 Å². The van der Waals surface area contributed by atoms with Crippen molar-refractivity contribution in [2.24, 2.45) is 5.92 Å². The molecule has 0 bridgehead atoms. The third kappa shape index (κ3) is 2.22. The van der Waals surface area contributed by atoms with Gasteiger partial charge in [-0.2, -0.15) is 0 Å². The Kier molecular flexibility index (Phi) is 3.48. The van der Waals surface area contributed by atoms with Crippen LogP contribution in [0.2, 0.25) is 0 Å². The minimum Gasteiger partial charge on any atom is -0.383 e. The zero-order valence-electron chi connectivity index (χ0n) is 10.8. The van der Waals surface area contributed by atoms with Crippen molar-refractivity contribution in [3.63, 3.8) is 0 Å². The third-order valence-electron chi connectivity index (χ3n) is 4.33. The van der Waals surface area contributed by atoms with Crippen LogP contribution in [0.1, 0.15) is 30.9 Å². The first kappa shape index (κ1) is 11.9. The molecule has 1 atom stereocenters. The lowest BCUT2D eigenvalue weighted by Gasteiger charge is -2.43. The molecular formula is C14H22N4. The SMILES string of the molecule is Nc1ncccc1[C@H](C1CCC1)N1CCNCC1. The van der Waals surface area contributed by atoms with E-state index in [1.807, 2.05) is 6.07 Å². The van der Waals surface area contributed by atoms with Gasteiger partial charge in [-0.25, -0.2) is 4.98 Å². The average molecular weight is 246 g/mol. The Morgan fingerprint density at radius 2 is 2.11 bits per heavy atom. The van der Waals surface area contributed by atoms with Crippen molar-refractivity contribution in [3.8, 4) is 0 Å². The second kappa shape index (κ2) is 5.24. The predicted octanol–water partition coefficient (Wildman–Crippen LogP) is 1.41. The maximum atomic E-state index is 6.09. The van der Waals surface area contributed by atoms with Crippen molar-refractivity contribution >= 4 is 5.82 Å². The number of aromatic nitrogens is 1. The lowest BCUT2D eigenvalue weighted by Crippen LogP contribution is -2.48. The van der Waals surface area contributed by atoms with Crippen LogP contribution in [0.3, 0.4) is 0 Å². The molecule has 2 fully saturated rings. The predicted molar refractivity (Wildman–Crippen MR) is 73.2 cm³/mol. The smallest absolute Gasteiger partial charge is 0.128 e. The van der Waals surface area contributed by atoms with Crippen LogP contribution >= 0.6 is 0 Å². The first-order valence-corrected chi connectivity index (χ1v) is 7.01. The summed E-state index contributed by atoms with van der Waals surface area (Å²) in [5.74, 6) is 1.49. The highest BCUT2D eigenvalue weighted by Gasteiger charge is 2.34. The normalized spacial score (nSPS) is 23.6. The molecule has 0 amide bonds. The van der Waals surface area contributed by atoms with Crippen LogP contribution in [0.4, 0.5) is 5.82 Å². The molecular weight excluding hydrogens is 224 g/mol. The number of hydrogen-bond donors (Lipinski definition) is 2. The number of hydrogen-bond acceptors (Lipinski definition) is 4. The number of pyridine rings is 1. The zero-order valence-corrected chi connectivity index (χ0v) is 10.8. The molecule has 18 heavy (non-hydrogen) atoms. The van der Waals surface area contributed by atoms with Crippen molar-refractivity contribution in [1.82, 2.24) is 15.2 Å². The van der Waals surface area contributed by atoms with E-state index in [2.05, 4.69) is 21.3 Å². The molecule has 1 aromatic heterocycles. The second-order valence-corrected chi connectivity index (χ2v) is 5.40. The summed E-state index contributed by atoms with van der Waals surface area (Å²) in [5, 5.41) is 3.42. The van der Waals surface area contributed by atoms with E-state index < -0.39 is 0 Å². The van der Waals surface area contributed by atoms with E-state index in [4.69, 9.17) is 5.73 Å². The number of rotatable bonds is 3. The molecule has 0 unspecified atom stereocenters. The van der Waals surface area contributed by atoms with Gasteiger partial charge in [-0.3, -0.25) is 4.90 Å². The molecule has 1 saturated carbocycles. The summed E-state index contributed by atoms with van der Waals surface area (Å²) in [6.45, 7) is 4.41. The molecule has 1 aliphatic carbocycles. The van der Waals surface area contributed by atoms with Crippen molar-refractivity contribution in [3.05, 3.63) is 23.9 Å². The lowest BCUT2D eigenvalue weighted by molar-refractivity contribution is 0.0840. The summed E-state index contributed by atoms with van der Waals surface area (Å²) < 4.78 is 0. The largest absolute Gasteiger partial charge is 0.383 e. The summed E-state index contributed by atoms with van der Waals surface area (Å²) in [5.41, 5.74) is 7.33. The summed E-state index contributed by atoms with van der Waals surface area (Å²) >= 11 is 0. The first-order valence-electron chi connectivity index (χ1n) is 7.01. The third-order valence-corrected chi connectivity index (χ3v) is 4.33. The fraction of sp³-hybridized carbons (Fsp3) is 0.643. The fourth-order valence-electron chi connectivity index (χ4n) is 3.14. The standard InChI is InChI=1S/C14H22N4/c15-14-12(5-2-6-17-14)13(11-3-1-4-11)18-9-7-16-8-10-18/h2,5-6,11,13,16H,1,3-4,7-10H2,(H2,15,17)/t13-/m0/s1. The van der Waals surface area contributed by atoms with Gasteiger partial charge in [0, 0.05) is 44.0 Å². The van der Waals surface area contributed by atoms with Gasteiger partial charge < -0.3 is 11.1 Å². The summed E-state index contributed by atoms with van der Waals surface area (Å²) in [4.78, 5) is 6.86. The van der Waals surface area contributed by atoms with Gasteiger partial charge in [0.05, 0.1) is 0 Å². The van der Waals surface area contributed by atoms with Crippen LogP contribution < -0.4 is 11.1 Å². The number of piperazine rings is 1. The molecule has 1 saturated heterocycles. The van der Waals surface area contributed by atoms with Gasteiger partial charge in [-0.05, 0) is 24.8 Å². The minimum atomic E-state index is 0.481. The Balaban J connectivity index is 1.87. The number of anilines is 1. The average Bonchev–Trinajstić information content (AvgIpc) is 2.36. The van der Waals surface area contributed by atoms with Crippen molar-refractivity contribution in [2.45, 2.75) is 25.3 Å². The van der Waals surface area contributed by atoms with Gasteiger partial charge >= 0.3 is 0 Å². The van der Waals surface area contributed by atoms with Crippen molar-refractivity contribution in [2.75, 3.05) is 31.9 Å². The molecule has 4 heteroatoms. The van der Waals surface area contributed by atoms with Crippen LogP contribution in [0, 0.1) is 5.92 Å². The van der Waals surface area contributed by atoms with Crippen LogP contribution in [0.25, 0.3) is 0 Å². The molecule has 1 aromatic rings. The minimum absolute atomic E-state index is 0.481. The molecule has 2 heterocycles. The summed E-state index contributed by atoms with van der Waals surface area (Å²) in [7, 11) is 0. The Hall–Kier alpha value is -1.13. The molecule has 0 radical (unpaired) electrons. The number of nitrogens with two attached hydrogens (primary N) is 1. The van der Waals surface area contributed by atoms with Crippen LogP contribution in [0.15, 0.2) is 18.3 Å². The van der Waals surface area contributed by atoms with E-state index in [1.165, 1.54) is 24.8 Å². The highest BCUT2D eigenvalue weighted by atomic mass is 15.2. The molecule has 4 nitrogen and oxygen atoms in total. The number of nitrogen functional groups attached to an aromatic ring is 1. The lowest BCUT2D eigenvalue weighted by atomic mass is 9.76. The van der Waals surface area contributed by atoms with Gasteiger partial charge in [0.2, 0.25) is 0 Å². The Morgan fingerprint density at radius 3 is 2.72 bits per heavy atom. The van der Waals surface area contributed by atoms with E-state index in [9.17, 15) is 0 Å². The molecule has 3 rings (SSSR count). The highest BCUT2D eigenvalue weighted by molar-refractivity contribution is 5.41. The Labute approximate surface area is 109 Å². The van der Waals surface area contributed by atoms with Gasteiger partial charge in [0.25, 0.3) is 0 Å². The van der Waals surface area contributed by atoms with Gasteiger partial charge in [-0.15, -0.1) is 0 Å². The molecule has 3 N–H and O–H groups in total. The Bertz CT molecular complexity index is 397. The quantitative estimate of drug-likeness (QED) is 0.846. The van der Waals surface area contributed by atoms with E-state index in [0.717, 1.165) is 32.1 Å². The van der Waals surface area contributed by atoms with Gasteiger partial charge in [0.1, 0.15) is 5.82 Å². The van der Waals surface area contributed by atoms with E-state index in [0.29, 0.717) is 11.9 Å². The monoisotopic (exact) mass is 246 g/mol. The topological polar surface area (TPSA) is 54.2 Å². The van der Waals surface area contributed by atoms with Crippen LogP contribution in [-0.4, -0.2) is 36.1 Å². The van der Waals surface area contributed by atoms with Crippen LogP contribution in [-0.2, 0) is 0 Å². The fourth-order valence-corrected chi connectivity index (χ4v) is 3.14. The number of nitrogens with zero attached hydrogens (tertiary/aromatic N) is 2. The maximum absolute atomic E-state index is 6.09. The van der Waals surface area contributed by atoms with Gasteiger partial charge in [-0.1, -0.05) is 12.5 Å². The zero-order chi connectivity index (χ0) is 12.4. The van der Waals surface area contributed by atoms with Crippen LogP contribution in [0.5, 0.6) is 0 Å². The second-order valence-electron chi connectivity index (χ2n) is 5.40. The van der Waals surface area contributed by atoms with Crippen molar-refractivity contribution in [1.29, 1.82) is 0 Å². The molecule has 0 spiro atoms. The molecule has 1 aliphatic heterocycles. The summed E-state index contributed by atoms with van der Waals surface area (Å²) in [6.07, 6.45) is 5.83. The number of nitrogens with one attached hydrogen (secondary N) is 1. The van der Waals surface area contributed by atoms with E-state index in [-0.39, 0.29) is 0 Å². The molecule has 2 aliphatic rings.